The standard InChI is InChI=1S/C36H39N5O3/c1-22-29-12-14-31-34(22)37-38-41(31)16-7-5-4-6-8-24-9-13-30-27(18-24)20-32(39(30)3)35(42)40-17-15-25-10-11-26(19-28(25)21-40)33(29)23(2)36(43)44/h9-14,18-20,23,33H,4-8,15-17,21H2,1-3H3,(H,43,44)/t23-,33-/m1/s1. The predicted octanol–water partition coefficient (Wildman–Crippen LogP) is 6.40. The molecule has 0 spiro atoms. The number of fused-ring (bicyclic) bond motifs is 6. The number of aliphatic carboxylic acids is 1. The highest BCUT2D eigenvalue weighted by molar-refractivity contribution is 5.99. The summed E-state index contributed by atoms with van der Waals surface area (Å²) in [6.07, 6.45) is 6.16. The van der Waals surface area contributed by atoms with Gasteiger partial charge in [-0.15, -0.1) is 5.10 Å². The maximum atomic E-state index is 13.9. The average Bonchev–Trinajstić information content (AvgIpc) is 3.59. The van der Waals surface area contributed by atoms with Crippen molar-refractivity contribution in [2.24, 2.45) is 13.0 Å². The van der Waals surface area contributed by atoms with Crippen molar-refractivity contribution in [3.05, 3.63) is 93.7 Å². The molecule has 3 aliphatic heterocycles. The highest BCUT2D eigenvalue weighted by Gasteiger charge is 2.31. The molecule has 3 aliphatic rings. The summed E-state index contributed by atoms with van der Waals surface area (Å²) in [7, 11) is 1.98. The van der Waals surface area contributed by atoms with Crippen LogP contribution in [0, 0.1) is 12.8 Å². The second-order valence-electron chi connectivity index (χ2n) is 12.7. The van der Waals surface area contributed by atoms with Gasteiger partial charge in [-0.2, -0.15) is 0 Å². The molecule has 8 heteroatoms. The third-order valence-electron chi connectivity index (χ3n) is 10.0. The fraction of sp³-hybridized carbons (Fsp3) is 0.389. The van der Waals surface area contributed by atoms with Crippen LogP contribution in [-0.4, -0.2) is 48.0 Å². The summed E-state index contributed by atoms with van der Waals surface area (Å²) in [5.41, 5.74) is 10.0. The number of benzene rings is 3. The number of carboxylic acid groups (broad SMARTS) is 1. The Morgan fingerprint density at radius 1 is 0.932 bits per heavy atom. The Morgan fingerprint density at radius 2 is 1.75 bits per heavy atom. The van der Waals surface area contributed by atoms with E-state index in [1.165, 1.54) is 11.1 Å². The molecule has 8 nitrogen and oxygen atoms in total. The Morgan fingerprint density at radius 3 is 2.59 bits per heavy atom. The van der Waals surface area contributed by atoms with Crippen molar-refractivity contribution in [2.75, 3.05) is 6.54 Å². The largest absolute Gasteiger partial charge is 0.481 e. The molecular weight excluding hydrogens is 550 g/mol. The molecule has 0 saturated carbocycles. The lowest BCUT2D eigenvalue weighted by molar-refractivity contribution is -0.141. The van der Waals surface area contributed by atoms with E-state index in [0.29, 0.717) is 18.8 Å². The van der Waals surface area contributed by atoms with E-state index in [4.69, 9.17) is 0 Å². The lowest BCUT2D eigenvalue weighted by atomic mass is 9.78. The molecule has 5 aromatic rings. The highest BCUT2D eigenvalue weighted by atomic mass is 16.4. The third kappa shape index (κ3) is 4.86. The van der Waals surface area contributed by atoms with Crippen molar-refractivity contribution in [2.45, 2.75) is 71.4 Å². The van der Waals surface area contributed by atoms with Crippen LogP contribution in [0.5, 0.6) is 0 Å². The molecule has 0 fully saturated rings. The van der Waals surface area contributed by atoms with E-state index in [-0.39, 0.29) is 11.8 Å². The molecule has 5 heterocycles. The number of aromatic nitrogens is 4. The van der Waals surface area contributed by atoms with Crippen LogP contribution in [-0.2, 0) is 37.8 Å². The van der Waals surface area contributed by atoms with Crippen molar-refractivity contribution in [3.8, 4) is 0 Å². The quantitative estimate of drug-likeness (QED) is 0.257. The van der Waals surface area contributed by atoms with Gasteiger partial charge in [0.05, 0.1) is 11.4 Å². The zero-order valence-electron chi connectivity index (χ0n) is 25.7. The molecular formula is C36H39N5O3. The molecule has 0 aliphatic carbocycles. The SMILES string of the molecule is Cc1c2ccc3c1nnn3CCCCCCc1ccc3c(c1)cc(n3C)C(=O)N1CCc3ccc(cc3C1)[C@H]2[C@@H](C)C(=O)O. The van der Waals surface area contributed by atoms with Gasteiger partial charge in [0.15, 0.2) is 0 Å². The lowest BCUT2D eigenvalue weighted by Gasteiger charge is -2.31. The van der Waals surface area contributed by atoms with Crippen molar-refractivity contribution >= 4 is 33.8 Å². The number of amides is 1. The van der Waals surface area contributed by atoms with Crippen LogP contribution in [0.15, 0.2) is 54.6 Å². The van der Waals surface area contributed by atoms with Gasteiger partial charge in [0, 0.05) is 43.5 Å². The molecule has 226 valence electrons. The molecule has 3 aromatic carbocycles. The second-order valence-corrected chi connectivity index (χ2v) is 12.7. The summed E-state index contributed by atoms with van der Waals surface area (Å²) >= 11 is 0. The monoisotopic (exact) mass is 589 g/mol. The van der Waals surface area contributed by atoms with Gasteiger partial charge in [-0.05, 0) is 90.3 Å². The summed E-state index contributed by atoms with van der Waals surface area (Å²) in [6.45, 7) is 5.76. The molecule has 2 aromatic heterocycles. The molecule has 0 saturated heterocycles. The van der Waals surface area contributed by atoms with Gasteiger partial charge in [-0.25, -0.2) is 4.68 Å². The summed E-state index contributed by atoms with van der Waals surface area (Å²) in [5.74, 6) is -1.84. The minimum absolute atomic E-state index is 0.0273. The second kappa shape index (κ2) is 11.2. The summed E-state index contributed by atoms with van der Waals surface area (Å²) < 4.78 is 4.01. The fourth-order valence-corrected chi connectivity index (χ4v) is 7.37. The normalized spacial score (nSPS) is 18.3. The van der Waals surface area contributed by atoms with Crippen LogP contribution in [0.1, 0.15) is 82.4 Å². The van der Waals surface area contributed by atoms with Gasteiger partial charge in [-0.3, -0.25) is 9.59 Å². The Kier molecular flexibility index (Phi) is 7.23. The maximum Gasteiger partial charge on any atom is 0.307 e. The van der Waals surface area contributed by atoms with Crippen molar-refractivity contribution in [3.63, 3.8) is 0 Å². The molecule has 10 bridgehead atoms. The van der Waals surface area contributed by atoms with Crippen molar-refractivity contribution in [1.29, 1.82) is 0 Å². The summed E-state index contributed by atoms with van der Waals surface area (Å²) in [5, 5.41) is 20.4. The number of hydrogen-bond acceptors (Lipinski definition) is 4. The molecule has 1 amide bonds. The van der Waals surface area contributed by atoms with E-state index in [9.17, 15) is 14.7 Å². The zero-order chi connectivity index (χ0) is 30.5. The van der Waals surface area contributed by atoms with Gasteiger partial charge in [0.1, 0.15) is 11.2 Å². The van der Waals surface area contributed by atoms with E-state index >= 15 is 0 Å². The van der Waals surface area contributed by atoms with Crippen LogP contribution >= 0.6 is 0 Å². The molecule has 8 rings (SSSR count). The Balaban J connectivity index is 1.33. The van der Waals surface area contributed by atoms with E-state index in [0.717, 1.165) is 89.3 Å². The predicted molar refractivity (Wildman–Crippen MR) is 171 cm³/mol. The van der Waals surface area contributed by atoms with E-state index in [1.807, 2.05) is 34.2 Å². The van der Waals surface area contributed by atoms with Gasteiger partial charge in [0.25, 0.3) is 5.91 Å². The smallest absolute Gasteiger partial charge is 0.307 e. The Labute approximate surface area is 257 Å². The van der Waals surface area contributed by atoms with Crippen LogP contribution < -0.4 is 0 Å². The maximum absolute atomic E-state index is 13.9. The number of carboxylic acids is 1. The van der Waals surface area contributed by atoms with E-state index in [2.05, 4.69) is 58.8 Å². The first-order chi connectivity index (χ1) is 21.3. The van der Waals surface area contributed by atoms with Crippen LogP contribution in [0.2, 0.25) is 0 Å². The Hall–Kier alpha value is -4.46. The van der Waals surface area contributed by atoms with E-state index < -0.39 is 11.9 Å². The van der Waals surface area contributed by atoms with Crippen LogP contribution in [0.4, 0.5) is 0 Å². The third-order valence-corrected chi connectivity index (χ3v) is 10.0. The fourth-order valence-electron chi connectivity index (χ4n) is 7.37. The van der Waals surface area contributed by atoms with Crippen molar-refractivity contribution in [1.82, 2.24) is 24.5 Å². The van der Waals surface area contributed by atoms with Gasteiger partial charge in [-0.1, -0.05) is 55.3 Å². The number of nitrogens with zero attached hydrogens (tertiary/aromatic N) is 5. The molecule has 44 heavy (non-hydrogen) atoms. The first-order valence-electron chi connectivity index (χ1n) is 15.8. The molecule has 0 unspecified atom stereocenters. The average molecular weight is 590 g/mol. The molecule has 0 radical (unpaired) electrons. The number of aryl methyl sites for hydroxylation is 4. The summed E-state index contributed by atoms with van der Waals surface area (Å²) in [4.78, 5) is 28.3. The van der Waals surface area contributed by atoms with E-state index in [1.54, 1.807) is 6.92 Å². The van der Waals surface area contributed by atoms with Gasteiger partial charge >= 0.3 is 5.97 Å². The van der Waals surface area contributed by atoms with Crippen molar-refractivity contribution < 1.29 is 14.7 Å². The van der Waals surface area contributed by atoms with Crippen LogP contribution in [0.25, 0.3) is 21.9 Å². The number of carbonyl (C=O) groups excluding carboxylic acids is 1. The van der Waals surface area contributed by atoms with Crippen LogP contribution in [0.3, 0.4) is 0 Å². The first kappa shape index (κ1) is 28.3. The summed E-state index contributed by atoms with van der Waals surface area (Å²) in [6, 6.07) is 19.1. The zero-order valence-corrected chi connectivity index (χ0v) is 25.7. The lowest BCUT2D eigenvalue weighted by Crippen LogP contribution is -2.37. The minimum Gasteiger partial charge on any atom is -0.481 e. The minimum atomic E-state index is -0.844. The number of hydrogen-bond donors (Lipinski definition) is 1. The highest BCUT2D eigenvalue weighted by Crippen LogP contribution is 2.38. The molecule has 2 atom stereocenters. The van der Waals surface area contributed by atoms with Gasteiger partial charge in [0.2, 0.25) is 0 Å². The molecule has 1 N–H and O–H groups in total. The number of rotatable bonds is 2. The topological polar surface area (TPSA) is 93.3 Å². The Bertz CT molecular complexity index is 1920. The number of carbonyl (C=O) groups is 2. The first-order valence-corrected chi connectivity index (χ1v) is 15.8. The van der Waals surface area contributed by atoms with Gasteiger partial charge < -0.3 is 14.6 Å².